The number of nitrogens with one attached hydrogen (secondary N) is 1. The fraction of sp³-hybridized carbons (Fsp3) is 0.690. The first kappa shape index (κ1) is 22.6. The lowest BCUT2D eigenvalue weighted by Crippen LogP contribution is -2.54. The number of aryl methyl sites for hydroxylation is 3. The van der Waals surface area contributed by atoms with Crippen molar-refractivity contribution in [2.24, 2.45) is 34.5 Å². The molecule has 0 saturated heterocycles. The van der Waals surface area contributed by atoms with E-state index in [1.807, 2.05) is 0 Å². The highest BCUT2D eigenvalue weighted by Gasteiger charge is 2.57. The summed E-state index contributed by atoms with van der Waals surface area (Å²) >= 11 is 0. The first-order valence-electron chi connectivity index (χ1n) is 12.6. The predicted octanol–water partition coefficient (Wildman–Crippen LogP) is 7.77. The van der Waals surface area contributed by atoms with Crippen LogP contribution in [0.1, 0.15) is 89.3 Å². The van der Waals surface area contributed by atoms with E-state index in [-0.39, 0.29) is 16.7 Å². The number of anilines is 1. The van der Waals surface area contributed by atoms with Gasteiger partial charge < -0.3 is 5.32 Å². The van der Waals surface area contributed by atoms with Gasteiger partial charge in [-0.1, -0.05) is 63.5 Å². The lowest BCUT2D eigenvalue weighted by molar-refractivity contribution is -0.139. The molecule has 0 radical (unpaired) electrons. The SMILES string of the molecule is Cc1cc(C)c(NC(=O)[C@]2(C)CCC[C@@]3(C)[C@H]2CC=C2CC(C(C)C)CC[C@@H]23)c(C)c1. The van der Waals surface area contributed by atoms with Gasteiger partial charge in [-0.25, -0.2) is 0 Å². The Labute approximate surface area is 190 Å². The Morgan fingerprint density at radius 3 is 2.39 bits per heavy atom. The second-order valence-electron chi connectivity index (χ2n) is 11.9. The van der Waals surface area contributed by atoms with Crippen LogP contribution in [0.3, 0.4) is 0 Å². The average molecular weight is 422 g/mol. The smallest absolute Gasteiger partial charge is 0.230 e. The third-order valence-electron chi connectivity index (χ3n) is 9.54. The molecule has 170 valence electrons. The molecule has 31 heavy (non-hydrogen) atoms. The maximum atomic E-state index is 13.8. The van der Waals surface area contributed by atoms with Gasteiger partial charge in [0.1, 0.15) is 0 Å². The van der Waals surface area contributed by atoms with E-state index in [2.05, 4.69) is 72.0 Å². The number of hydrogen-bond acceptors (Lipinski definition) is 1. The molecule has 4 rings (SSSR count). The van der Waals surface area contributed by atoms with Gasteiger partial charge in [0.2, 0.25) is 5.91 Å². The minimum Gasteiger partial charge on any atom is -0.325 e. The van der Waals surface area contributed by atoms with Crippen molar-refractivity contribution in [1.82, 2.24) is 0 Å². The maximum absolute atomic E-state index is 13.8. The van der Waals surface area contributed by atoms with Gasteiger partial charge in [-0.15, -0.1) is 0 Å². The molecule has 1 amide bonds. The number of hydrogen-bond donors (Lipinski definition) is 1. The standard InChI is InChI=1S/C29H43NO/c1-18(2)22-9-11-24-23(17-22)10-12-25-28(24,6)13-8-14-29(25,7)27(31)30-26-20(4)15-19(3)16-21(26)5/h10,15-16,18,22,24-25H,8-9,11-14,17H2,1-7H3,(H,30,31)/t22?,24-,25+,28+,29+/m0/s1. The first-order chi connectivity index (χ1) is 14.6. The van der Waals surface area contributed by atoms with Gasteiger partial charge in [-0.05, 0) is 99.5 Å². The van der Waals surface area contributed by atoms with Crippen LogP contribution in [0.15, 0.2) is 23.8 Å². The van der Waals surface area contributed by atoms with Gasteiger partial charge >= 0.3 is 0 Å². The molecule has 2 heteroatoms. The van der Waals surface area contributed by atoms with Crippen molar-refractivity contribution in [1.29, 1.82) is 0 Å². The van der Waals surface area contributed by atoms with Crippen LogP contribution in [0.4, 0.5) is 5.69 Å². The van der Waals surface area contributed by atoms with E-state index >= 15 is 0 Å². The molecule has 1 unspecified atom stereocenters. The minimum atomic E-state index is -0.298. The molecule has 0 spiro atoms. The Bertz CT molecular complexity index is 873. The Kier molecular flexibility index (Phi) is 5.90. The molecule has 2 fully saturated rings. The summed E-state index contributed by atoms with van der Waals surface area (Å²) in [5.74, 6) is 2.97. The van der Waals surface area contributed by atoms with Gasteiger partial charge in [0.25, 0.3) is 0 Å². The number of allylic oxidation sites excluding steroid dienone is 2. The fourth-order valence-corrected chi connectivity index (χ4v) is 7.69. The number of amides is 1. The summed E-state index contributed by atoms with van der Waals surface area (Å²) in [4.78, 5) is 13.8. The molecule has 1 aromatic rings. The van der Waals surface area contributed by atoms with Crippen molar-refractivity contribution in [3.8, 4) is 0 Å². The fourth-order valence-electron chi connectivity index (χ4n) is 7.69. The topological polar surface area (TPSA) is 29.1 Å². The van der Waals surface area contributed by atoms with E-state index in [9.17, 15) is 4.79 Å². The predicted molar refractivity (Wildman–Crippen MR) is 131 cm³/mol. The molecule has 0 bridgehead atoms. The maximum Gasteiger partial charge on any atom is 0.230 e. The summed E-state index contributed by atoms with van der Waals surface area (Å²) in [7, 11) is 0. The van der Waals surface area contributed by atoms with Crippen LogP contribution in [0.25, 0.3) is 0 Å². The average Bonchev–Trinajstić information content (AvgIpc) is 2.69. The summed E-state index contributed by atoms with van der Waals surface area (Å²) in [5, 5.41) is 3.40. The molecule has 2 nitrogen and oxygen atoms in total. The van der Waals surface area contributed by atoms with Crippen LogP contribution in [0.2, 0.25) is 0 Å². The van der Waals surface area contributed by atoms with Crippen LogP contribution in [0, 0.1) is 55.3 Å². The number of rotatable bonds is 3. The van der Waals surface area contributed by atoms with Gasteiger partial charge in [0, 0.05) is 5.69 Å². The molecular formula is C29H43NO. The quantitative estimate of drug-likeness (QED) is 0.496. The molecule has 2 saturated carbocycles. The number of fused-ring (bicyclic) bond motifs is 3. The monoisotopic (exact) mass is 421 g/mol. The minimum absolute atomic E-state index is 0.242. The van der Waals surface area contributed by atoms with Gasteiger partial charge in [0.15, 0.2) is 0 Å². The summed E-state index contributed by atoms with van der Waals surface area (Å²) in [5.41, 5.74) is 6.30. The highest BCUT2D eigenvalue weighted by atomic mass is 16.2. The molecule has 0 heterocycles. The molecule has 3 aliphatic carbocycles. The number of carbonyl (C=O) groups is 1. The van der Waals surface area contributed by atoms with E-state index in [1.54, 1.807) is 5.57 Å². The number of benzene rings is 1. The highest BCUT2D eigenvalue weighted by molar-refractivity contribution is 5.96. The zero-order valence-electron chi connectivity index (χ0n) is 20.9. The van der Waals surface area contributed by atoms with E-state index in [0.29, 0.717) is 11.8 Å². The van der Waals surface area contributed by atoms with Crippen molar-refractivity contribution in [2.75, 3.05) is 5.32 Å². The molecule has 1 N–H and O–H groups in total. The van der Waals surface area contributed by atoms with Gasteiger partial charge in [-0.2, -0.15) is 0 Å². The van der Waals surface area contributed by atoms with Crippen molar-refractivity contribution in [2.45, 2.75) is 93.4 Å². The van der Waals surface area contributed by atoms with Crippen molar-refractivity contribution in [3.05, 3.63) is 40.5 Å². The van der Waals surface area contributed by atoms with E-state index < -0.39 is 0 Å². The van der Waals surface area contributed by atoms with Crippen LogP contribution in [-0.4, -0.2) is 5.91 Å². The van der Waals surface area contributed by atoms with Crippen molar-refractivity contribution in [3.63, 3.8) is 0 Å². The Morgan fingerprint density at radius 1 is 1.06 bits per heavy atom. The normalized spacial score (nSPS) is 35.2. The largest absolute Gasteiger partial charge is 0.325 e. The van der Waals surface area contributed by atoms with E-state index in [0.717, 1.165) is 30.4 Å². The zero-order chi connectivity index (χ0) is 22.6. The first-order valence-corrected chi connectivity index (χ1v) is 12.6. The van der Waals surface area contributed by atoms with Gasteiger partial charge in [0.05, 0.1) is 5.41 Å². The number of carbonyl (C=O) groups excluding carboxylic acids is 1. The van der Waals surface area contributed by atoms with E-state index in [1.165, 1.54) is 48.8 Å². The summed E-state index contributed by atoms with van der Waals surface area (Å²) in [6.07, 6.45) is 11.0. The van der Waals surface area contributed by atoms with Crippen LogP contribution in [-0.2, 0) is 4.79 Å². The Balaban J connectivity index is 1.62. The van der Waals surface area contributed by atoms with Crippen LogP contribution >= 0.6 is 0 Å². The van der Waals surface area contributed by atoms with Crippen molar-refractivity contribution >= 4 is 11.6 Å². The molecule has 0 aliphatic heterocycles. The Hall–Kier alpha value is -1.57. The molecule has 1 aromatic carbocycles. The van der Waals surface area contributed by atoms with Crippen LogP contribution in [0.5, 0.6) is 0 Å². The van der Waals surface area contributed by atoms with E-state index in [4.69, 9.17) is 0 Å². The lowest BCUT2D eigenvalue weighted by Gasteiger charge is -2.58. The highest BCUT2D eigenvalue weighted by Crippen LogP contribution is 2.63. The summed E-state index contributed by atoms with van der Waals surface area (Å²) in [6.45, 7) is 15.9. The third kappa shape index (κ3) is 3.79. The Morgan fingerprint density at radius 2 is 1.74 bits per heavy atom. The molecule has 0 aromatic heterocycles. The van der Waals surface area contributed by atoms with Crippen LogP contribution < -0.4 is 5.32 Å². The summed E-state index contributed by atoms with van der Waals surface area (Å²) in [6, 6.07) is 4.36. The lowest BCUT2D eigenvalue weighted by atomic mass is 9.46. The molecule has 3 aliphatic rings. The summed E-state index contributed by atoms with van der Waals surface area (Å²) < 4.78 is 0. The second kappa shape index (κ2) is 8.09. The van der Waals surface area contributed by atoms with Crippen molar-refractivity contribution < 1.29 is 4.79 Å². The molecule has 5 atom stereocenters. The third-order valence-corrected chi connectivity index (χ3v) is 9.54. The molecular weight excluding hydrogens is 378 g/mol. The zero-order valence-corrected chi connectivity index (χ0v) is 20.9. The second-order valence-corrected chi connectivity index (χ2v) is 11.9. The van der Waals surface area contributed by atoms with Gasteiger partial charge in [-0.3, -0.25) is 4.79 Å².